The summed E-state index contributed by atoms with van der Waals surface area (Å²) >= 11 is 0. The minimum Gasteiger partial charge on any atom is -0.494 e. The molecule has 0 aliphatic heterocycles. The molecule has 25 heavy (non-hydrogen) atoms. The summed E-state index contributed by atoms with van der Waals surface area (Å²) in [5, 5.41) is 6.65. The summed E-state index contributed by atoms with van der Waals surface area (Å²) < 4.78 is 11.2. The maximum absolute atomic E-state index is 5.68. The fourth-order valence-corrected chi connectivity index (χ4v) is 2.42. The number of hydrogen-bond donors (Lipinski definition) is 2. The van der Waals surface area contributed by atoms with Crippen molar-refractivity contribution in [1.29, 1.82) is 0 Å². The van der Waals surface area contributed by atoms with E-state index in [1.165, 1.54) is 0 Å². The zero-order valence-corrected chi connectivity index (χ0v) is 15.2. The summed E-state index contributed by atoms with van der Waals surface area (Å²) in [4.78, 5) is 6.38. The van der Waals surface area contributed by atoms with Gasteiger partial charge >= 0.3 is 0 Å². The van der Waals surface area contributed by atoms with Gasteiger partial charge in [-0.3, -0.25) is 9.89 Å². The Kier molecular flexibility index (Phi) is 7.85. The van der Waals surface area contributed by atoms with E-state index >= 15 is 0 Å². The molecule has 2 rings (SSSR count). The second kappa shape index (κ2) is 10.4. The van der Waals surface area contributed by atoms with Crippen LogP contribution in [0.25, 0.3) is 0 Å². The summed E-state index contributed by atoms with van der Waals surface area (Å²) in [5.74, 6) is 2.61. The van der Waals surface area contributed by atoms with E-state index < -0.39 is 0 Å². The van der Waals surface area contributed by atoms with E-state index in [1.54, 1.807) is 13.3 Å². The molecule has 0 saturated heterocycles. The molecule has 6 heteroatoms. The third-order valence-electron chi connectivity index (χ3n) is 3.81. The normalized spacial score (nSPS) is 12.9. The van der Waals surface area contributed by atoms with Gasteiger partial charge in [0, 0.05) is 20.1 Å². The van der Waals surface area contributed by atoms with Gasteiger partial charge in [-0.15, -0.1) is 0 Å². The summed E-state index contributed by atoms with van der Waals surface area (Å²) in [6.07, 6.45) is 2.59. The lowest BCUT2D eigenvalue weighted by molar-refractivity contribution is 0.258. The molecule has 136 valence electrons. The van der Waals surface area contributed by atoms with Crippen molar-refractivity contribution in [3.05, 3.63) is 54.5 Å². The number of furan rings is 1. The lowest BCUT2D eigenvalue weighted by atomic mass is 10.2. The van der Waals surface area contributed by atoms with Gasteiger partial charge in [-0.05, 0) is 44.8 Å². The van der Waals surface area contributed by atoms with Crippen molar-refractivity contribution >= 4 is 5.96 Å². The van der Waals surface area contributed by atoms with Gasteiger partial charge in [0.15, 0.2) is 5.96 Å². The lowest BCUT2D eigenvalue weighted by Crippen LogP contribution is -2.42. The molecule has 1 aromatic carbocycles. The number of nitrogens with one attached hydrogen (secondary N) is 2. The molecule has 0 bridgehead atoms. The Labute approximate surface area is 149 Å². The van der Waals surface area contributed by atoms with E-state index in [4.69, 9.17) is 9.15 Å². The zero-order valence-electron chi connectivity index (χ0n) is 15.2. The first-order chi connectivity index (χ1) is 12.2. The number of hydrogen-bond acceptors (Lipinski definition) is 4. The predicted molar refractivity (Wildman–Crippen MR) is 101 cm³/mol. The van der Waals surface area contributed by atoms with E-state index in [1.807, 2.05) is 56.6 Å². The molecule has 0 aliphatic carbocycles. The molecule has 2 N–H and O–H groups in total. The Morgan fingerprint density at radius 1 is 1.16 bits per heavy atom. The monoisotopic (exact) mass is 344 g/mol. The van der Waals surface area contributed by atoms with Crippen LogP contribution in [-0.2, 0) is 0 Å². The molecular formula is C19H28N4O2. The van der Waals surface area contributed by atoms with E-state index in [-0.39, 0.29) is 6.04 Å². The number of likely N-dealkylation sites (N-methyl/N-ethyl adjacent to an activating group) is 1. The molecule has 0 spiro atoms. The molecule has 6 nitrogen and oxygen atoms in total. The van der Waals surface area contributed by atoms with Crippen LogP contribution in [0.5, 0.6) is 5.75 Å². The molecule has 0 amide bonds. The summed E-state index contributed by atoms with van der Waals surface area (Å²) in [6.45, 7) is 2.17. The van der Waals surface area contributed by atoms with Crippen molar-refractivity contribution in [2.45, 2.75) is 12.5 Å². The van der Waals surface area contributed by atoms with Crippen LogP contribution in [0.2, 0.25) is 0 Å². The van der Waals surface area contributed by atoms with Gasteiger partial charge in [0.2, 0.25) is 0 Å². The van der Waals surface area contributed by atoms with Gasteiger partial charge in [0.25, 0.3) is 0 Å². The first kappa shape index (κ1) is 18.9. The van der Waals surface area contributed by atoms with Crippen LogP contribution in [-0.4, -0.2) is 51.7 Å². The molecule has 1 heterocycles. The Morgan fingerprint density at radius 2 is 1.96 bits per heavy atom. The Hall–Kier alpha value is -2.47. The minimum atomic E-state index is 0.148. The first-order valence-electron chi connectivity index (χ1n) is 8.53. The predicted octanol–water partition coefficient (Wildman–Crippen LogP) is 2.52. The Bertz CT molecular complexity index is 612. The van der Waals surface area contributed by atoms with Gasteiger partial charge < -0.3 is 19.8 Å². The maximum atomic E-state index is 5.68. The van der Waals surface area contributed by atoms with Gasteiger partial charge in [-0.1, -0.05) is 18.2 Å². The van der Waals surface area contributed by atoms with Crippen molar-refractivity contribution < 1.29 is 9.15 Å². The molecule has 1 atom stereocenters. The molecule has 0 fully saturated rings. The fourth-order valence-electron chi connectivity index (χ4n) is 2.42. The molecule has 0 radical (unpaired) electrons. The Balaban J connectivity index is 1.68. The van der Waals surface area contributed by atoms with Crippen molar-refractivity contribution in [2.24, 2.45) is 4.99 Å². The standard InChI is InChI=1S/C19H28N4O2/c1-20-19(21-12-8-14-24-16-9-5-4-6-10-16)22-15-17(23(2)3)18-11-7-13-25-18/h4-7,9-11,13,17H,8,12,14-15H2,1-3H3,(H2,20,21,22). The topological polar surface area (TPSA) is 62.0 Å². The van der Waals surface area contributed by atoms with Gasteiger partial charge in [0.05, 0.1) is 18.9 Å². The van der Waals surface area contributed by atoms with Crippen LogP contribution >= 0.6 is 0 Å². The molecule has 2 aromatic rings. The minimum absolute atomic E-state index is 0.148. The number of ether oxygens (including phenoxy) is 1. The quantitative estimate of drug-likeness (QED) is 0.416. The van der Waals surface area contributed by atoms with E-state index in [0.29, 0.717) is 13.2 Å². The van der Waals surface area contributed by atoms with Crippen molar-refractivity contribution in [1.82, 2.24) is 15.5 Å². The lowest BCUT2D eigenvalue weighted by Gasteiger charge is -2.23. The summed E-state index contributed by atoms with van der Waals surface area (Å²) in [7, 11) is 5.84. The number of aliphatic imine (C=N–C) groups is 1. The largest absolute Gasteiger partial charge is 0.494 e. The number of rotatable bonds is 9. The number of para-hydroxylation sites is 1. The van der Waals surface area contributed by atoms with Crippen LogP contribution in [0.4, 0.5) is 0 Å². The smallest absolute Gasteiger partial charge is 0.191 e. The number of guanidine groups is 1. The van der Waals surface area contributed by atoms with Crippen LogP contribution in [0, 0.1) is 0 Å². The molecule has 1 unspecified atom stereocenters. The Morgan fingerprint density at radius 3 is 2.60 bits per heavy atom. The average molecular weight is 344 g/mol. The van der Waals surface area contributed by atoms with Crippen molar-refractivity contribution in [3.8, 4) is 5.75 Å². The number of nitrogens with zero attached hydrogens (tertiary/aromatic N) is 2. The number of benzene rings is 1. The van der Waals surface area contributed by atoms with E-state index in [0.717, 1.165) is 30.4 Å². The molecule has 0 saturated carbocycles. The molecule has 1 aromatic heterocycles. The summed E-state index contributed by atoms with van der Waals surface area (Å²) in [6, 6.07) is 13.9. The molecular weight excluding hydrogens is 316 g/mol. The SMILES string of the molecule is CN=C(NCCCOc1ccccc1)NCC(c1ccco1)N(C)C. The molecule has 0 aliphatic rings. The highest BCUT2D eigenvalue weighted by molar-refractivity contribution is 5.79. The second-order valence-electron chi connectivity index (χ2n) is 5.89. The van der Waals surface area contributed by atoms with Crippen molar-refractivity contribution in [3.63, 3.8) is 0 Å². The third kappa shape index (κ3) is 6.51. The van der Waals surface area contributed by atoms with Crippen LogP contribution in [0.3, 0.4) is 0 Å². The third-order valence-corrected chi connectivity index (χ3v) is 3.81. The van der Waals surface area contributed by atoms with Crippen LogP contribution in [0.15, 0.2) is 58.1 Å². The maximum Gasteiger partial charge on any atom is 0.191 e. The van der Waals surface area contributed by atoms with Gasteiger partial charge in [-0.2, -0.15) is 0 Å². The highest BCUT2D eigenvalue weighted by Crippen LogP contribution is 2.17. The summed E-state index contributed by atoms with van der Waals surface area (Å²) in [5.41, 5.74) is 0. The zero-order chi connectivity index (χ0) is 17.9. The van der Waals surface area contributed by atoms with Crippen LogP contribution in [0.1, 0.15) is 18.2 Å². The van der Waals surface area contributed by atoms with Gasteiger partial charge in [0.1, 0.15) is 11.5 Å². The second-order valence-corrected chi connectivity index (χ2v) is 5.89. The van der Waals surface area contributed by atoms with E-state index in [2.05, 4.69) is 20.5 Å². The highest BCUT2D eigenvalue weighted by atomic mass is 16.5. The fraction of sp³-hybridized carbons (Fsp3) is 0.421. The average Bonchev–Trinajstić information content (AvgIpc) is 3.14. The van der Waals surface area contributed by atoms with Crippen LogP contribution < -0.4 is 15.4 Å². The first-order valence-corrected chi connectivity index (χ1v) is 8.53. The van der Waals surface area contributed by atoms with Gasteiger partial charge in [-0.25, -0.2) is 0 Å². The van der Waals surface area contributed by atoms with Crippen molar-refractivity contribution in [2.75, 3.05) is 40.8 Å². The highest BCUT2D eigenvalue weighted by Gasteiger charge is 2.17. The van der Waals surface area contributed by atoms with E-state index in [9.17, 15) is 0 Å².